The molecule has 3 rings (SSSR count). The van der Waals surface area contributed by atoms with Gasteiger partial charge in [-0.15, -0.1) is 11.3 Å². The van der Waals surface area contributed by atoms with Gasteiger partial charge in [-0.05, 0) is 31.5 Å². The molecule has 3 aromatic rings. The van der Waals surface area contributed by atoms with Crippen LogP contribution in [0.3, 0.4) is 0 Å². The van der Waals surface area contributed by atoms with Crippen molar-refractivity contribution in [2.24, 2.45) is 0 Å². The van der Waals surface area contributed by atoms with Crippen molar-refractivity contribution in [1.29, 1.82) is 0 Å². The molecule has 1 aromatic carbocycles. The van der Waals surface area contributed by atoms with Crippen molar-refractivity contribution >= 4 is 27.4 Å². The molecule has 0 aliphatic rings. The van der Waals surface area contributed by atoms with Crippen LogP contribution >= 0.6 is 11.3 Å². The largest absolute Gasteiger partial charge is 0.497 e. The predicted molar refractivity (Wildman–Crippen MR) is 104 cm³/mol. The number of nitrogens with zero attached hydrogens (tertiary/aromatic N) is 2. The standard InChI is InChI=1S/C19H24N4OS/c1-12-13(2)25-19-17(12)18(21-11-22-19)20-10-16(23(3)4)14-7-6-8-15(9-14)24-5/h6-9,11,16H,10H2,1-5H3,(H,20,21,22)/p+1/t16-/m0/s1. The van der Waals surface area contributed by atoms with E-state index >= 15 is 0 Å². The number of hydrogen-bond donors (Lipinski definition) is 2. The van der Waals surface area contributed by atoms with Gasteiger partial charge in [-0.2, -0.15) is 0 Å². The summed E-state index contributed by atoms with van der Waals surface area (Å²) in [7, 11) is 6.04. The number of anilines is 1. The lowest BCUT2D eigenvalue weighted by molar-refractivity contribution is -0.890. The number of quaternary nitrogens is 1. The van der Waals surface area contributed by atoms with Gasteiger partial charge in [-0.1, -0.05) is 12.1 Å². The quantitative estimate of drug-likeness (QED) is 0.712. The highest BCUT2D eigenvalue weighted by Gasteiger charge is 2.20. The van der Waals surface area contributed by atoms with Gasteiger partial charge in [-0.3, -0.25) is 0 Å². The third-order valence-corrected chi connectivity index (χ3v) is 5.75. The maximum Gasteiger partial charge on any atom is 0.138 e. The Morgan fingerprint density at radius 2 is 2.04 bits per heavy atom. The first-order chi connectivity index (χ1) is 12.0. The van der Waals surface area contributed by atoms with Gasteiger partial charge in [0.2, 0.25) is 0 Å². The van der Waals surface area contributed by atoms with Crippen LogP contribution in [0.15, 0.2) is 30.6 Å². The minimum atomic E-state index is 0.292. The fraction of sp³-hybridized carbons (Fsp3) is 0.368. The molecule has 0 aliphatic heterocycles. The van der Waals surface area contributed by atoms with Crippen molar-refractivity contribution in [1.82, 2.24) is 9.97 Å². The number of ether oxygens (including phenoxy) is 1. The SMILES string of the molecule is COc1cccc([C@H](CNc2ncnc3sc(C)c(C)c23)[NH+](C)C)c1. The number of hydrogen-bond acceptors (Lipinski definition) is 5. The number of rotatable bonds is 6. The molecule has 0 saturated heterocycles. The molecule has 5 nitrogen and oxygen atoms in total. The van der Waals surface area contributed by atoms with Crippen molar-refractivity contribution in [2.75, 3.05) is 33.1 Å². The van der Waals surface area contributed by atoms with Crippen LogP contribution in [0.5, 0.6) is 5.75 Å². The maximum atomic E-state index is 5.37. The molecule has 1 atom stereocenters. The molecule has 0 bridgehead atoms. The summed E-state index contributed by atoms with van der Waals surface area (Å²) in [4.78, 5) is 12.6. The summed E-state index contributed by atoms with van der Waals surface area (Å²) in [6.07, 6.45) is 1.64. The van der Waals surface area contributed by atoms with Crippen LogP contribution in [-0.4, -0.2) is 37.7 Å². The van der Waals surface area contributed by atoms with E-state index in [1.54, 1.807) is 24.8 Å². The molecule has 6 heteroatoms. The average molecular weight is 358 g/mol. The first kappa shape index (κ1) is 17.6. The van der Waals surface area contributed by atoms with E-state index in [0.717, 1.165) is 28.3 Å². The van der Waals surface area contributed by atoms with Gasteiger partial charge >= 0.3 is 0 Å². The smallest absolute Gasteiger partial charge is 0.138 e. The molecule has 2 aromatic heterocycles. The zero-order valence-corrected chi connectivity index (χ0v) is 16.2. The van der Waals surface area contributed by atoms with E-state index in [1.165, 1.54) is 20.9 Å². The highest BCUT2D eigenvalue weighted by atomic mass is 32.1. The van der Waals surface area contributed by atoms with Crippen molar-refractivity contribution in [2.45, 2.75) is 19.9 Å². The van der Waals surface area contributed by atoms with Crippen LogP contribution in [0.4, 0.5) is 5.82 Å². The number of benzene rings is 1. The highest BCUT2D eigenvalue weighted by molar-refractivity contribution is 7.18. The minimum absolute atomic E-state index is 0.292. The van der Waals surface area contributed by atoms with Crippen LogP contribution < -0.4 is 15.0 Å². The van der Waals surface area contributed by atoms with E-state index in [0.29, 0.717) is 6.04 Å². The third kappa shape index (κ3) is 3.60. The Labute approximate surface area is 152 Å². The topological polar surface area (TPSA) is 51.5 Å². The molecular formula is C19H25N4OS+. The Morgan fingerprint density at radius 3 is 2.76 bits per heavy atom. The molecule has 0 saturated carbocycles. The van der Waals surface area contributed by atoms with E-state index in [1.807, 2.05) is 12.1 Å². The number of fused-ring (bicyclic) bond motifs is 1. The van der Waals surface area contributed by atoms with E-state index < -0.39 is 0 Å². The van der Waals surface area contributed by atoms with Gasteiger partial charge in [-0.25, -0.2) is 9.97 Å². The van der Waals surface area contributed by atoms with Crippen molar-refractivity contribution in [3.8, 4) is 5.75 Å². The van der Waals surface area contributed by atoms with E-state index in [2.05, 4.69) is 55.4 Å². The molecule has 0 aliphatic carbocycles. The highest BCUT2D eigenvalue weighted by Crippen LogP contribution is 2.32. The first-order valence-electron chi connectivity index (χ1n) is 8.39. The van der Waals surface area contributed by atoms with Gasteiger partial charge in [0.05, 0.1) is 33.1 Å². The normalized spacial score (nSPS) is 12.6. The van der Waals surface area contributed by atoms with Crippen LogP contribution in [0.25, 0.3) is 10.2 Å². The summed E-state index contributed by atoms with van der Waals surface area (Å²) in [6, 6.07) is 8.57. The monoisotopic (exact) mass is 357 g/mol. The summed E-state index contributed by atoms with van der Waals surface area (Å²) >= 11 is 1.72. The Hall–Kier alpha value is -2.18. The van der Waals surface area contributed by atoms with Crippen molar-refractivity contribution < 1.29 is 9.64 Å². The second-order valence-corrected chi connectivity index (χ2v) is 7.68. The van der Waals surface area contributed by atoms with E-state index in [9.17, 15) is 0 Å². The number of methoxy groups -OCH3 is 1. The van der Waals surface area contributed by atoms with Gasteiger partial charge in [0.15, 0.2) is 0 Å². The minimum Gasteiger partial charge on any atom is -0.497 e. The van der Waals surface area contributed by atoms with Crippen LogP contribution in [0, 0.1) is 13.8 Å². The third-order valence-electron chi connectivity index (χ3n) is 4.63. The number of aromatic nitrogens is 2. The number of aryl methyl sites for hydroxylation is 2. The Kier molecular flexibility index (Phi) is 5.20. The molecular weight excluding hydrogens is 332 g/mol. The van der Waals surface area contributed by atoms with Crippen LogP contribution in [0.2, 0.25) is 0 Å². The Balaban J connectivity index is 1.87. The lowest BCUT2D eigenvalue weighted by Gasteiger charge is -2.23. The molecule has 2 heterocycles. The number of thiophene rings is 1. The summed E-state index contributed by atoms with van der Waals surface area (Å²) in [5.74, 6) is 1.80. The van der Waals surface area contributed by atoms with Crippen LogP contribution in [0.1, 0.15) is 22.0 Å². The zero-order valence-electron chi connectivity index (χ0n) is 15.4. The molecule has 0 radical (unpaired) electrons. The summed E-state index contributed by atoms with van der Waals surface area (Å²) in [5, 5.41) is 4.69. The lowest BCUT2D eigenvalue weighted by atomic mass is 10.1. The zero-order chi connectivity index (χ0) is 18.0. The molecule has 0 fully saturated rings. The first-order valence-corrected chi connectivity index (χ1v) is 9.21. The maximum absolute atomic E-state index is 5.37. The number of nitrogens with one attached hydrogen (secondary N) is 2. The number of likely N-dealkylation sites (N-methyl/N-ethyl adjacent to an activating group) is 1. The second-order valence-electron chi connectivity index (χ2n) is 6.47. The van der Waals surface area contributed by atoms with Gasteiger partial charge in [0.25, 0.3) is 0 Å². The molecule has 2 N–H and O–H groups in total. The lowest BCUT2D eigenvalue weighted by Crippen LogP contribution is -3.06. The van der Waals surface area contributed by atoms with E-state index in [-0.39, 0.29) is 0 Å². The fourth-order valence-corrected chi connectivity index (χ4v) is 4.03. The molecule has 132 valence electrons. The summed E-state index contributed by atoms with van der Waals surface area (Å²) < 4.78 is 5.37. The van der Waals surface area contributed by atoms with Gasteiger partial charge in [0, 0.05) is 10.4 Å². The molecule has 0 amide bonds. The van der Waals surface area contributed by atoms with Crippen molar-refractivity contribution in [3.63, 3.8) is 0 Å². The average Bonchev–Trinajstić information content (AvgIpc) is 2.90. The summed E-state index contributed by atoms with van der Waals surface area (Å²) in [5.41, 5.74) is 2.51. The fourth-order valence-electron chi connectivity index (χ4n) is 3.03. The van der Waals surface area contributed by atoms with Crippen LogP contribution in [-0.2, 0) is 0 Å². The molecule has 25 heavy (non-hydrogen) atoms. The van der Waals surface area contributed by atoms with Gasteiger partial charge < -0.3 is 15.0 Å². The Morgan fingerprint density at radius 1 is 1.24 bits per heavy atom. The second kappa shape index (κ2) is 7.37. The van der Waals surface area contributed by atoms with Gasteiger partial charge in [0.1, 0.15) is 28.8 Å². The molecule has 0 spiro atoms. The predicted octanol–water partition coefficient (Wildman–Crippen LogP) is 2.61. The Bertz CT molecular complexity index is 875. The van der Waals surface area contributed by atoms with E-state index in [4.69, 9.17) is 4.74 Å². The van der Waals surface area contributed by atoms with Crippen molar-refractivity contribution in [3.05, 3.63) is 46.6 Å². The summed E-state index contributed by atoms with van der Waals surface area (Å²) in [6.45, 7) is 5.06. The molecule has 0 unspecified atom stereocenters.